The van der Waals surface area contributed by atoms with Crippen LogP contribution in [0.1, 0.15) is 38.5 Å². The summed E-state index contributed by atoms with van der Waals surface area (Å²) in [5.41, 5.74) is 0. The summed E-state index contributed by atoms with van der Waals surface area (Å²) < 4.78 is 67.6. The predicted molar refractivity (Wildman–Crippen MR) is 86.1 cm³/mol. The number of benzene rings is 1. The van der Waals surface area contributed by atoms with Gasteiger partial charge in [0.15, 0.2) is 0 Å². The summed E-state index contributed by atoms with van der Waals surface area (Å²) in [5.74, 6) is -1.73. The van der Waals surface area contributed by atoms with Crippen molar-refractivity contribution in [2.75, 3.05) is 0 Å². The third-order valence-corrected chi connectivity index (χ3v) is 5.79. The molecular formula is C16H20F3NO5S. The lowest BCUT2D eigenvalue weighted by Gasteiger charge is -2.29. The van der Waals surface area contributed by atoms with Crippen LogP contribution in [-0.2, 0) is 14.8 Å². The fraction of sp³-hybridized carbons (Fsp3) is 0.562. The van der Waals surface area contributed by atoms with Gasteiger partial charge in [-0.1, -0.05) is 19.3 Å². The first kappa shape index (κ1) is 20.5. The van der Waals surface area contributed by atoms with Gasteiger partial charge in [0.2, 0.25) is 10.0 Å². The Morgan fingerprint density at radius 2 is 1.77 bits per heavy atom. The van der Waals surface area contributed by atoms with Crippen molar-refractivity contribution in [1.29, 1.82) is 0 Å². The Kier molecular flexibility index (Phi) is 6.51. The molecule has 1 atom stereocenters. The lowest BCUT2D eigenvalue weighted by atomic mass is 9.83. The molecule has 1 aliphatic rings. The van der Waals surface area contributed by atoms with E-state index in [0.717, 1.165) is 56.4 Å². The van der Waals surface area contributed by atoms with Gasteiger partial charge in [-0.15, -0.1) is 13.2 Å². The number of carboxylic acids is 1. The summed E-state index contributed by atoms with van der Waals surface area (Å²) in [7, 11) is -4.07. The Morgan fingerprint density at radius 1 is 1.19 bits per heavy atom. The molecule has 0 aliphatic heterocycles. The summed E-state index contributed by atoms with van der Waals surface area (Å²) in [5, 5.41) is 9.07. The molecule has 1 aromatic rings. The summed E-state index contributed by atoms with van der Waals surface area (Å²) in [6.45, 7) is 0. The molecule has 0 radical (unpaired) electrons. The number of nitrogens with one attached hydrogen (secondary N) is 1. The molecule has 1 fully saturated rings. The van der Waals surface area contributed by atoms with Gasteiger partial charge in [0.1, 0.15) is 5.75 Å². The number of hydrogen-bond donors (Lipinski definition) is 2. The first-order valence-corrected chi connectivity index (χ1v) is 9.65. The van der Waals surface area contributed by atoms with Crippen LogP contribution in [0.2, 0.25) is 0 Å². The van der Waals surface area contributed by atoms with Crippen LogP contribution in [0.25, 0.3) is 0 Å². The molecule has 10 heteroatoms. The van der Waals surface area contributed by atoms with E-state index in [0.29, 0.717) is 0 Å². The summed E-state index contributed by atoms with van der Waals surface area (Å²) in [4.78, 5) is 10.8. The van der Waals surface area contributed by atoms with Crippen molar-refractivity contribution >= 4 is 16.0 Å². The second-order valence-corrected chi connectivity index (χ2v) is 7.96. The quantitative estimate of drug-likeness (QED) is 0.739. The molecule has 1 saturated carbocycles. The first-order valence-electron chi connectivity index (χ1n) is 8.17. The standard InChI is InChI=1S/C16H20F3NO5S/c17-16(18,19)25-12-6-8-13(9-7-12)26(23,24)20-14(10-15(21)22)11-4-2-1-3-5-11/h6-9,11,14,20H,1-5,10H2,(H,21,22). The number of carbonyl (C=O) groups is 1. The van der Waals surface area contributed by atoms with E-state index >= 15 is 0 Å². The second kappa shape index (κ2) is 8.26. The average Bonchev–Trinajstić information content (AvgIpc) is 2.53. The maximum atomic E-state index is 12.5. The summed E-state index contributed by atoms with van der Waals surface area (Å²) in [6, 6.07) is 3.01. The minimum absolute atomic E-state index is 0.0811. The van der Waals surface area contributed by atoms with Gasteiger partial charge in [-0.25, -0.2) is 13.1 Å². The van der Waals surface area contributed by atoms with E-state index in [1.807, 2.05) is 0 Å². The van der Waals surface area contributed by atoms with Gasteiger partial charge in [-0.2, -0.15) is 0 Å². The zero-order valence-electron chi connectivity index (χ0n) is 13.8. The van der Waals surface area contributed by atoms with Crippen LogP contribution >= 0.6 is 0 Å². The lowest BCUT2D eigenvalue weighted by molar-refractivity contribution is -0.274. The van der Waals surface area contributed by atoms with Gasteiger partial charge >= 0.3 is 12.3 Å². The smallest absolute Gasteiger partial charge is 0.481 e. The highest BCUT2D eigenvalue weighted by Crippen LogP contribution is 2.29. The molecule has 26 heavy (non-hydrogen) atoms. The van der Waals surface area contributed by atoms with Crippen LogP contribution < -0.4 is 9.46 Å². The molecule has 0 bridgehead atoms. The molecule has 1 aromatic carbocycles. The van der Waals surface area contributed by atoms with Crippen molar-refractivity contribution in [2.45, 2.75) is 55.8 Å². The van der Waals surface area contributed by atoms with E-state index in [-0.39, 0.29) is 17.2 Å². The van der Waals surface area contributed by atoms with E-state index < -0.39 is 34.1 Å². The third-order valence-electron chi connectivity index (χ3n) is 4.29. The molecule has 1 unspecified atom stereocenters. The Hall–Kier alpha value is -1.81. The number of hydrogen-bond acceptors (Lipinski definition) is 4. The molecule has 2 rings (SSSR count). The third kappa shape index (κ3) is 6.17. The van der Waals surface area contributed by atoms with Crippen LogP contribution in [0, 0.1) is 5.92 Å². The number of carboxylic acid groups (broad SMARTS) is 1. The fourth-order valence-electron chi connectivity index (χ4n) is 3.12. The molecule has 0 amide bonds. The van der Waals surface area contributed by atoms with Gasteiger partial charge in [0.25, 0.3) is 0 Å². The molecule has 1 aliphatic carbocycles. The zero-order valence-corrected chi connectivity index (χ0v) is 14.6. The average molecular weight is 395 g/mol. The Balaban J connectivity index is 2.14. The largest absolute Gasteiger partial charge is 0.573 e. The summed E-state index contributed by atoms with van der Waals surface area (Å²) in [6.07, 6.45) is -0.898. The van der Waals surface area contributed by atoms with E-state index in [4.69, 9.17) is 5.11 Å². The topological polar surface area (TPSA) is 92.7 Å². The second-order valence-electron chi connectivity index (χ2n) is 6.24. The Labute approximate surface area is 149 Å². The number of aliphatic carboxylic acids is 1. The first-order chi connectivity index (χ1) is 12.1. The zero-order chi connectivity index (χ0) is 19.4. The monoisotopic (exact) mass is 395 g/mol. The van der Waals surface area contributed by atoms with E-state index in [9.17, 15) is 26.4 Å². The van der Waals surface area contributed by atoms with Crippen LogP contribution in [0.15, 0.2) is 29.2 Å². The lowest BCUT2D eigenvalue weighted by Crippen LogP contribution is -2.42. The fourth-order valence-corrected chi connectivity index (χ4v) is 4.42. The predicted octanol–water partition coefficient (Wildman–Crippen LogP) is 3.29. The summed E-state index contributed by atoms with van der Waals surface area (Å²) >= 11 is 0. The molecule has 146 valence electrons. The molecule has 0 heterocycles. The van der Waals surface area contributed by atoms with Crippen LogP contribution in [0.4, 0.5) is 13.2 Å². The van der Waals surface area contributed by atoms with Crippen LogP contribution in [-0.4, -0.2) is 31.9 Å². The van der Waals surface area contributed by atoms with Gasteiger partial charge in [0, 0.05) is 6.04 Å². The number of sulfonamides is 1. The molecule has 6 nitrogen and oxygen atoms in total. The van der Waals surface area contributed by atoms with Gasteiger partial charge in [0.05, 0.1) is 11.3 Å². The molecule has 2 N–H and O–H groups in total. The highest BCUT2D eigenvalue weighted by molar-refractivity contribution is 7.89. The van der Waals surface area contributed by atoms with E-state index in [1.165, 1.54) is 0 Å². The van der Waals surface area contributed by atoms with Crippen LogP contribution in [0.5, 0.6) is 5.75 Å². The van der Waals surface area contributed by atoms with Crippen molar-refractivity contribution < 1.29 is 36.2 Å². The van der Waals surface area contributed by atoms with Crippen molar-refractivity contribution in [3.63, 3.8) is 0 Å². The van der Waals surface area contributed by atoms with E-state index in [2.05, 4.69) is 9.46 Å². The number of halogens is 3. The maximum absolute atomic E-state index is 12.5. The SMILES string of the molecule is O=C(O)CC(NS(=O)(=O)c1ccc(OC(F)(F)F)cc1)C1CCCCC1. The maximum Gasteiger partial charge on any atom is 0.573 e. The van der Waals surface area contributed by atoms with Crippen molar-refractivity contribution in [3.05, 3.63) is 24.3 Å². The highest BCUT2D eigenvalue weighted by atomic mass is 32.2. The molecule has 0 aromatic heterocycles. The van der Waals surface area contributed by atoms with E-state index in [1.54, 1.807) is 0 Å². The van der Waals surface area contributed by atoms with Crippen molar-refractivity contribution in [1.82, 2.24) is 4.72 Å². The minimum Gasteiger partial charge on any atom is -0.481 e. The van der Waals surface area contributed by atoms with Crippen LogP contribution in [0.3, 0.4) is 0 Å². The highest BCUT2D eigenvalue weighted by Gasteiger charge is 2.32. The van der Waals surface area contributed by atoms with Gasteiger partial charge in [-0.3, -0.25) is 4.79 Å². The van der Waals surface area contributed by atoms with Crippen molar-refractivity contribution in [3.8, 4) is 5.75 Å². The number of rotatable bonds is 7. The number of alkyl halides is 3. The van der Waals surface area contributed by atoms with Gasteiger partial charge in [-0.05, 0) is 43.0 Å². The Bertz CT molecular complexity index is 712. The molecule has 0 spiro atoms. The normalized spacial score (nSPS) is 17.7. The molecule has 0 saturated heterocycles. The van der Waals surface area contributed by atoms with Crippen molar-refractivity contribution in [2.24, 2.45) is 5.92 Å². The number of ether oxygens (including phenoxy) is 1. The van der Waals surface area contributed by atoms with Gasteiger partial charge < -0.3 is 9.84 Å². The Morgan fingerprint density at radius 3 is 2.27 bits per heavy atom. The minimum atomic E-state index is -4.87. The molecular weight excluding hydrogens is 375 g/mol.